The molecule has 1 aliphatic rings. The number of fused-ring (bicyclic) bond motifs is 1. The van der Waals surface area contributed by atoms with Gasteiger partial charge >= 0.3 is 0 Å². The summed E-state index contributed by atoms with van der Waals surface area (Å²) in [6.45, 7) is 5.57. The molecule has 3 aromatic rings. The Bertz CT molecular complexity index is 1160. The second-order valence-corrected chi connectivity index (χ2v) is 7.96. The van der Waals surface area contributed by atoms with E-state index in [9.17, 15) is 9.59 Å². The van der Waals surface area contributed by atoms with Gasteiger partial charge in [0.15, 0.2) is 23.4 Å². The summed E-state index contributed by atoms with van der Waals surface area (Å²) in [4.78, 5) is 41.1. The zero-order valence-corrected chi connectivity index (χ0v) is 19.2. The Labute approximate surface area is 191 Å². The molecular weight excluding hydrogens is 424 g/mol. The topological polar surface area (TPSA) is 113 Å². The number of methoxy groups -OCH3 is 1. The molecule has 1 aromatic carbocycles. The molecule has 33 heavy (non-hydrogen) atoms. The lowest BCUT2D eigenvalue weighted by Crippen LogP contribution is -2.56. The van der Waals surface area contributed by atoms with Gasteiger partial charge in [0.05, 0.1) is 19.0 Å². The summed E-state index contributed by atoms with van der Waals surface area (Å²) in [6, 6.07) is 6.73. The van der Waals surface area contributed by atoms with Crippen LogP contribution in [0.1, 0.15) is 24.2 Å². The van der Waals surface area contributed by atoms with Gasteiger partial charge in [-0.25, -0.2) is 9.97 Å². The first-order chi connectivity index (χ1) is 15.9. The van der Waals surface area contributed by atoms with Gasteiger partial charge in [-0.1, -0.05) is 0 Å². The molecule has 3 heterocycles. The van der Waals surface area contributed by atoms with E-state index < -0.39 is 6.10 Å². The van der Waals surface area contributed by atoms with Crippen molar-refractivity contribution in [1.29, 1.82) is 0 Å². The second kappa shape index (κ2) is 9.35. The zero-order chi connectivity index (χ0) is 23.5. The highest BCUT2D eigenvalue weighted by molar-refractivity contribution is 5.94. The van der Waals surface area contributed by atoms with Crippen molar-refractivity contribution in [3.05, 3.63) is 42.4 Å². The number of nitrogens with zero attached hydrogens (tertiary/aromatic N) is 4. The quantitative estimate of drug-likeness (QED) is 0.587. The number of rotatable bonds is 6. The Hall–Kier alpha value is -3.82. The first-order valence-electron chi connectivity index (χ1n) is 10.8. The van der Waals surface area contributed by atoms with Crippen LogP contribution in [0.2, 0.25) is 0 Å². The average molecular weight is 453 g/mol. The lowest BCUT2D eigenvalue weighted by atomic mass is 10.1. The summed E-state index contributed by atoms with van der Waals surface area (Å²) < 4.78 is 11.3. The van der Waals surface area contributed by atoms with Crippen LogP contribution in [0.15, 0.2) is 36.8 Å². The minimum Gasteiger partial charge on any atom is -0.493 e. The highest BCUT2D eigenvalue weighted by Crippen LogP contribution is 2.30. The summed E-state index contributed by atoms with van der Waals surface area (Å²) in [7, 11) is 3.06. The van der Waals surface area contributed by atoms with Gasteiger partial charge in [0, 0.05) is 44.5 Å². The molecule has 10 heteroatoms. The van der Waals surface area contributed by atoms with Gasteiger partial charge in [-0.05, 0) is 38.1 Å². The van der Waals surface area contributed by atoms with Crippen molar-refractivity contribution in [3.63, 3.8) is 0 Å². The van der Waals surface area contributed by atoms with Gasteiger partial charge in [0.1, 0.15) is 5.52 Å². The third kappa shape index (κ3) is 4.41. The summed E-state index contributed by atoms with van der Waals surface area (Å²) in [5, 5.41) is 2.57. The van der Waals surface area contributed by atoms with Crippen LogP contribution in [0.3, 0.4) is 0 Å². The number of hydrogen-bond acceptors (Lipinski definition) is 7. The molecule has 2 amide bonds. The molecule has 0 unspecified atom stereocenters. The van der Waals surface area contributed by atoms with E-state index >= 15 is 0 Å². The van der Waals surface area contributed by atoms with Crippen molar-refractivity contribution >= 4 is 28.7 Å². The number of nitrogens with one attached hydrogen (secondary N) is 2. The Morgan fingerprint density at radius 1 is 1.21 bits per heavy atom. The van der Waals surface area contributed by atoms with Crippen LogP contribution in [-0.4, -0.2) is 77.6 Å². The molecule has 4 rings (SSSR count). The third-order valence-corrected chi connectivity index (χ3v) is 5.83. The highest BCUT2D eigenvalue weighted by Gasteiger charge is 2.32. The van der Waals surface area contributed by atoms with Gasteiger partial charge < -0.3 is 29.6 Å². The maximum absolute atomic E-state index is 13.2. The summed E-state index contributed by atoms with van der Waals surface area (Å²) in [5.74, 6) is 1.29. The van der Waals surface area contributed by atoms with E-state index in [0.29, 0.717) is 36.7 Å². The van der Waals surface area contributed by atoms with E-state index in [1.54, 1.807) is 44.7 Å². The van der Waals surface area contributed by atoms with E-state index in [2.05, 4.69) is 25.2 Å². The van der Waals surface area contributed by atoms with Crippen LogP contribution in [0, 0.1) is 0 Å². The van der Waals surface area contributed by atoms with E-state index in [1.807, 2.05) is 17.9 Å². The Morgan fingerprint density at radius 2 is 2.03 bits per heavy atom. The predicted octanol–water partition coefficient (Wildman–Crippen LogP) is 1.83. The fourth-order valence-electron chi connectivity index (χ4n) is 4.09. The molecule has 0 bridgehead atoms. The zero-order valence-electron chi connectivity index (χ0n) is 19.2. The molecule has 10 nitrogen and oxygen atoms in total. The normalized spacial score (nSPS) is 17.0. The maximum Gasteiger partial charge on any atom is 0.263 e. The second-order valence-electron chi connectivity index (χ2n) is 7.96. The van der Waals surface area contributed by atoms with Crippen molar-refractivity contribution in [2.45, 2.75) is 26.0 Å². The highest BCUT2D eigenvalue weighted by atomic mass is 16.5. The van der Waals surface area contributed by atoms with Crippen molar-refractivity contribution in [2.24, 2.45) is 0 Å². The molecule has 0 aliphatic carbocycles. The molecule has 1 aliphatic heterocycles. The van der Waals surface area contributed by atoms with Crippen molar-refractivity contribution in [1.82, 2.24) is 25.2 Å². The minimum atomic E-state index is -0.716. The number of carbonyl (C=O) groups is 2. The number of aromatic amines is 1. The van der Waals surface area contributed by atoms with Crippen molar-refractivity contribution in [2.75, 3.05) is 38.7 Å². The first kappa shape index (κ1) is 22.4. The number of imidazole rings is 1. The fraction of sp³-hybridized carbons (Fsp3) is 0.391. The molecule has 0 spiro atoms. The van der Waals surface area contributed by atoms with E-state index in [4.69, 9.17) is 9.47 Å². The summed E-state index contributed by atoms with van der Waals surface area (Å²) in [5.41, 5.74) is 2.21. The minimum absolute atomic E-state index is 0.0363. The van der Waals surface area contributed by atoms with Crippen LogP contribution >= 0.6 is 0 Å². The Kier molecular flexibility index (Phi) is 6.34. The van der Waals surface area contributed by atoms with Crippen LogP contribution in [-0.2, 0) is 4.79 Å². The van der Waals surface area contributed by atoms with Crippen molar-refractivity contribution < 1.29 is 19.1 Å². The first-order valence-corrected chi connectivity index (χ1v) is 10.8. The molecular formula is C23H28N6O4. The number of benzene rings is 1. The number of anilines is 1. The molecule has 0 saturated carbocycles. The number of aromatic nitrogens is 3. The van der Waals surface area contributed by atoms with Gasteiger partial charge in [-0.15, -0.1) is 0 Å². The fourth-order valence-corrected chi connectivity index (χ4v) is 4.09. The van der Waals surface area contributed by atoms with Crippen LogP contribution < -0.4 is 19.7 Å². The summed E-state index contributed by atoms with van der Waals surface area (Å²) in [6.07, 6.45) is 2.70. The van der Waals surface area contributed by atoms with Gasteiger partial charge in [0.25, 0.3) is 11.8 Å². The number of H-pyrrole nitrogens is 1. The standard InChI is InChI=1S/C23H28N6O4/c1-14-12-28(21-20-17(7-8-25-21)26-13-27-20)9-10-29(14)23(31)15(2)33-18-6-5-16(22(30)24-3)11-19(18)32-4/h5-8,11,13-15H,9-10,12H2,1-4H3,(H,24,30)(H,26,27)/t14-,15+/m1/s1. The van der Waals surface area contributed by atoms with Crippen LogP contribution in [0.5, 0.6) is 11.5 Å². The largest absolute Gasteiger partial charge is 0.493 e. The molecule has 2 aromatic heterocycles. The monoisotopic (exact) mass is 452 g/mol. The number of piperazine rings is 1. The lowest BCUT2D eigenvalue weighted by Gasteiger charge is -2.41. The van der Waals surface area contributed by atoms with Crippen LogP contribution in [0.25, 0.3) is 11.0 Å². The predicted molar refractivity (Wildman–Crippen MR) is 124 cm³/mol. The smallest absolute Gasteiger partial charge is 0.263 e. The molecule has 1 saturated heterocycles. The Morgan fingerprint density at radius 3 is 2.76 bits per heavy atom. The number of ether oxygens (including phenoxy) is 2. The van der Waals surface area contributed by atoms with Gasteiger partial charge in [-0.2, -0.15) is 0 Å². The maximum atomic E-state index is 13.2. The lowest BCUT2D eigenvalue weighted by molar-refractivity contribution is -0.140. The molecule has 2 N–H and O–H groups in total. The third-order valence-electron chi connectivity index (χ3n) is 5.83. The average Bonchev–Trinajstić information content (AvgIpc) is 3.32. The summed E-state index contributed by atoms with van der Waals surface area (Å²) >= 11 is 0. The molecule has 2 atom stereocenters. The van der Waals surface area contributed by atoms with E-state index in [-0.39, 0.29) is 17.9 Å². The van der Waals surface area contributed by atoms with E-state index in [0.717, 1.165) is 16.9 Å². The Balaban J connectivity index is 1.43. The number of carbonyl (C=O) groups excluding carboxylic acids is 2. The van der Waals surface area contributed by atoms with Gasteiger partial charge in [-0.3, -0.25) is 9.59 Å². The molecule has 0 radical (unpaired) electrons. The molecule has 1 fully saturated rings. The SMILES string of the molecule is CNC(=O)c1ccc(O[C@@H](C)C(=O)N2CCN(c3nccc4[nH]cnc34)C[C@H]2C)c(OC)c1. The van der Waals surface area contributed by atoms with E-state index in [1.165, 1.54) is 7.11 Å². The number of hydrogen-bond donors (Lipinski definition) is 2. The number of pyridine rings is 1. The van der Waals surface area contributed by atoms with Gasteiger partial charge in [0.2, 0.25) is 0 Å². The van der Waals surface area contributed by atoms with Crippen molar-refractivity contribution in [3.8, 4) is 11.5 Å². The van der Waals surface area contributed by atoms with Crippen LogP contribution in [0.4, 0.5) is 5.82 Å². The number of amides is 2. The molecule has 174 valence electrons.